The molecule has 0 bridgehead atoms. The van der Waals surface area contributed by atoms with Gasteiger partial charge in [0.25, 0.3) is 11.5 Å². The van der Waals surface area contributed by atoms with Gasteiger partial charge in [-0.2, -0.15) is 0 Å². The second-order valence-corrected chi connectivity index (χ2v) is 3.45. The largest absolute Gasteiger partial charge is 0.484 e. The molecule has 2 N–H and O–H groups in total. The number of hydrogen-bond donors (Lipinski definition) is 2. The third-order valence-electron chi connectivity index (χ3n) is 1.94. The molecule has 0 aliphatic heterocycles. The van der Waals surface area contributed by atoms with Crippen LogP contribution in [0.5, 0.6) is 0 Å². The monoisotopic (exact) mass is 246 g/mol. The predicted molar refractivity (Wildman–Crippen MR) is 59.4 cm³/mol. The Morgan fingerprint density at radius 2 is 1.65 bits per heavy atom. The zero-order valence-corrected chi connectivity index (χ0v) is 10.2. The van der Waals surface area contributed by atoms with Crippen LogP contribution >= 0.6 is 0 Å². The molecule has 0 aromatic rings. The zero-order chi connectivity index (χ0) is 13.4. The fourth-order valence-corrected chi connectivity index (χ4v) is 0.914. The standard InChI is InChI=1S/C11H18O6/c1-4-6-16-8(10(12)13)9(11(14)15)17-7(3)5-2/h7H,4-6H2,1-3H3,(H,12,13)(H,14,15)/b9-8-. The number of carbonyl (C=O) groups is 2. The van der Waals surface area contributed by atoms with Crippen molar-refractivity contribution in [2.45, 2.75) is 39.7 Å². The van der Waals surface area contributed by atoms with Gasteiger partial charge < -0.3 is 19.7 Å². The van der Waals surface area contributed by atoms with Gasteiger partial charge in [0.15, 0.2) is 0 Å². The van der Waals surface area contributed by atoms with E-state index in [9.17, 15) is 9.59 Å². The fourth-order valence-electron chi connectivity index (χ4n) is 0.914. The molecule has 98 valence electrons. The molecule has 0 heterocycles. The van der Waals surface area contributed by atoms with Gasteiger partial charge in [0, 0.05) is 0 Å². The Balaban J connectivity index is 5.12. The lowest BCUT2D eigenvalue weighted by Crippen LogP contribution is -2.20. The van der Waals surface area contributed by atoms with Crippen molar-refractivity contribution in [1.82, 2.24) is 0 Å². The molecule has 0 radical (unpaired) electrons. The van der Waals surface area contributed by atoms with Crippen molar-refractivity contribution in [2.24, 2.45) is 0 Å². The smallest absolute Gasteiger partial charge is 0.375 e. The lowest BCUT2D eigenvalue weighted by atomic mass is 10.3. The highest BCUT2D eigenvalue weighted by Gasteiger charge is 2.25. The van der Waals surface area contributed by atoms with Gasteiger partial charge in [-0.15, -0.1) is 0 Å². The van der Waals surface area contributed by atoms with Gasteiger partial charge in [-0.3, -0.25) is 0 Å². The molecular formula is C11H18O6. The maximum absolute atomic E-state index is 10.9. The summed E-state index contributed by atoms with van der Waals surface area (Å²) in [4.78, 5) is 21.8. The summed E-state index contributed by atoms with van der Waals surface area (Å²) in [5, 5.41) is 17.8. The molecule has 6 nitrogen and oxygen atoms in total. The van der Waals surface area contributed by atoms with Crippen molar-refractivity contribution in [3.05, 3.63) is 11.5 Å². The normalized spacial score (nSPS) is 13.6. The van der Waals surface area contributed by atoms with E-state index in [-0.39, 0.29) is 12.7 Å². The van der Waals surface area contributed by atoms with Crippen molar-refractivity contribution in [3.63, 3.8) is 0 Å². The van der Waals surface area contributed by atoms with E-state index < -0.39 is 23.5 Å². The van der Waals surface area contributed by atoms with Crippen LogP contribution in [0.4, 0.5) is 0 Å². The van der Waals surface area contributed by atoms with Crippen LogP contribution in [0.25, 0.3) is 0 Å². The highest BCUT2D eigenvalue weighted by atomic mass is 16.6. The summed E-state index contributed by atoms with van der Waals surface area (Å²) >= 11 is 0. The lowest BCUT2D eigenvalue weighted by Gasteiger charge is -2.15. The summed E-state index contributed by atoms with van der Waals surface area (Å²) in [6.45, 7) is 5.37. The Morgan fingerprint density at radius 1 is 1.12 bits per heavy atom. The van der Waals surface area contributed by atoms with E-state index in [0.29, 0.717) is 12.8 Å². The van der Waals surface area contributed by atoms with Crippen LogP contribution in [-0.4, -0.2) is 34.9 Å². The third kappa shape index (κ3) is 5.24. The Labute approximate surface area is 99.8 Å². The van der Waals surface area contributed by atoms with Gasteiger partial charge in [0.1, 0.15) is 0 Å². The summed E-state index contributed by atoms with van der Waals surface area (Å²) in [7, 11) is 0. The van der Waals surface area contributed by atoms with Gasteiger partial charge in [-0.25, -0.2) is 9.59 Å². The molecule has 1 atom stereocenters. The van der Waals surface area contributed by atoms with E-state index >= 15 is 0 Å². The van der Waals surface area contributed by atoms with E-state index in [1.165, 1.54) is 0 Å². The third-order valence-corrected chi connectivity index (χ3v) is 1.94. The van der Waals surface area contributed by atoms with E-state index in [1.54, 1.807) is 20.8 Å². The Kier molecular flexibility index (Phi) is 6.77. The van der Waals surface area contributed by atoms with E-state index in [0.717, 1.165) is 0 Å². The number of carboxylic acids is 2. The molecule has 0 aromatic carbocycles. The first-order valence-corrected chi connectivity index (χ1v) is 5.44. The van der Waals surface area contributed by atoms with Gasteiger partial charge in [0.2, 0.25) is 0 Å². The number of aliphatic carboxylic acids is 2. The van der Waals surface area contributed by atoms with Crippen molar-refractivity contribution in [1.29, 1.82) is 0 Å². The molecular weight excluding hydrogens is 228 g/mol. The van der Waals surface area contributed by atoms with Gasteiger partial charge in [-0.1, -0.05) is 13.8 Å². The SMILES string of the molecule is CCCO/C(C(=O)O)=C(\OC(C)CC)C(=O)O. The van der Waals surface area contributed by atoms with Crippen LogP contribution < -0.4 is 0 Å². The quantitative estimate of drug-likeness (QED) is 0.499. The molecule has 0 saturated carbocycles. The van der Waals surface area contributed by atoms with Crippen molar-refractivity contribution >= 4 is 11.9 Å². The molecule has 0 fully saturated rings. The summed E-state index contributed by atoms with van der Waals surface area (Å²) in [5.41, 5.74) is 0. The maximum atomic E-state index is 10.9. The molecule has 1 unspecified atom stereocenters. The fraction of sp³-hybridized carbons (Fsp3) is 0.636. The highest BCUT2D eigenvalue weighted by molar-refractivity contribution is 5.95. The maximum Gasteiger partial charge on any atom is 0.375 e. The van der Waals surface area contributed by atoms with Crippen molar-refractivity contribution < 1.29 is 29.3 Å². The Bertz CT molecular complexity index is 307. The second kappa shape index (κ2) is 7.54. The Hall–Kier alpha value is -1.72. The molecule has 0 amide bonds. The minimum absolute atomic E-state index is 0.127. The topological polar surface area (TPSA) is 93.1 Å². The molecule has 0 aliphatic rings. The van der Waals surface area contributed by atoms with Crippen LogP contribution in [0.15, 0.2) is 11.5 Å². The minimum Gasteiger partial charge on any atom is -0.484 e. The number of hydrogen-bond acceptors (Lipinski definition) is 4. The van der Waals surface area contributed by atoms with Crippen LogP contribution in [0.3, 0.4) is 0 Å². The summed E-state index contributed by atoms with van der Waals surface area (Å²) in [5.74, 6) is -4.20. The van der Waals surface area contributed by atoms with Crippen LogP contribution in [0.1, 0.15) is 33.6 Å². The lowest BCUT2D eigenvalue weighted by molar-refractivity contribution is -0.143. The second-order valence-electron chi connectivity index (χ2n) is 3.45. The molecule has 0 aromatic heterocycles. The van der Waals surface area contributed by atoms with E-state index in [2.05, 4.69) is 0 Å². The molecule has 6 heteroatoms. The molecule has 17 heavy (non-hydrogen) atoms. The first kappa shape index (κ1) is 15.3. The minimum atomic E-state index is -1.45. The van der Waals surface area contributed by atoms with E-state index in [1.807, 2.05) is 0 Å². The average Bonchev–Trinajstić information content (AvgIpc) is 2.26. The molecule has 0 rings (SSSR count). The van der Waals surface area contributed by atoms with Crippen molar-refractivity contribution in [3.8, 4) is 0 Å². The molecule has 0 spiro atoms. The summed E-state index contributed by atoms with van der Waals surface area (Å²) in [6, 6.07) is 0. The number of ether oxygens (including phenoxy) is 2. The first-order valence-electron chi connectivity index (χ1n) is 5.44. The Morgan fingerprint density at radius 3 is 2.00 bits per heavy atom. The summed E-state index contributed by atoms with van der Waals surface area (Å²) in [6.07, 6.45) is 0.755. The van der Waals surface area contributed by atoms with Gasteiger partial charge in [0.05, 0.1) is 12.7 Å². The zero-order valence-electron chi connectivity index (χ0n) is 10.2. The number of rotatable bonds is 8. The van der Waals surface area contributed by atoms with E-state index in [4.69, 9.17) is 19.7 Å². The molecule has 0 aliphatic carbocycles. The number of carboxylic acid groups (broad SMARTS) is 2. The van der Waals surface area contributed by atoms with Gasteiger partial charge >= 0.3 is 11.9 Å². The predicted octanol–water partition coefficient (Wildman–Crippen LogP) is 1.61. The van der Waals surface area contributed by atoms with Crippen LogP contribution in [0, 0.1) is 0 Å². The first-order chi connectivity index (χ1) is 7.93. The van der Waals surface area contributed by atoms with Crippen molar-refractivity contribution in [2.75, 3.05) is 6.61 Å². The highest BCUT2D eigenvalue weighted by Crippen LogP contribution is 2.13. The van der Waals surface area contributed by atoms with Crippen LogP contribution in [-0.2, 0) is 19.1 Å². The van der Waals surface area contributed by atoms with Gasteiger partial charge in [-0.05, 0) is 19.8 Å². The summed E-state index contributed by atoms with van der Waals surface area (Å²) < 4.78 is 9.95. The van der Waals surface area contributed by atoms with Crippen LogP contribution in [0.2, 0.25) is 0 Å². The molecule has 0 saturated heterocycles. The average molecular weight is 246 g/mol.